The van der Waals surface area contributed by atoms with Gasteiger partial charge < -0.3 is 14.8 Å². The number of benzene rings is 1. The summed E-state index contributed by atoms with van der Waals surface area (Å²) in [4.78, 5) is 12.1. The fourth-order valence-corrected chi connectivity index (χ4v) is 2.90. The number of hydrogen-bond donors (Lipinski definition) is 2. The Morgan fingerprint density at radius 1 is 1.32 bits per heavy atom. The molecular weight excluding hydrogens is 354 g/mol. The zero-order valence-corrected chi connectivity index (χ0v) is 15.1. The van der Waals surface area contributed by atoms with Gasteiger partial charge in [0.05, 0.1) is 12.6 Å². The number of carbonyl (C=O) groups is 1. The van der Waals surface area contributed by atoms with Gasteiger partial charge in [-0.2, -0.15) is 0 Å². The van der Waals surface area contributed by atoms with Crippen molar-refractivity contribution < 1.29 is 23.0 Å². The quantitative estimate of drug-likeness (QED) is 0.846. The summed E-state index contributed by atoms with van der Waals surface area (Å²) in [7, 11) is 0. The second-order valence-electron chi connectivity index (χ2n) is 6.95. The van der Waals surface area contributed by atoms with Crippen LogP contribution in [0.5, 0.6) is 11.5 Å². The predicted molar refractivity (Wildman–Crippen MR) is 92.1 cm³/mol. The first-order chi connectivity index (χ1) is 11.3. The molecule has 8 heteroatoms. The van der Waals surface area contributed by atoms with E-state index in [-0.39, 0.29) is 17.8 Å². The lowest BCUT2D eigenvalue weighted by Gasteiger charge is -2.28. The zero-order valence-electron chi connectivity index (χ0n) is 14.2. The molecule has 1 unspecified atom stereocenters. The molecule has 0 aromatic heterocycles. The number of fused-ring (bicyclic) bond motifs is 1. The van der Waals surface area contributed by atoms with Gasteiger partial charge >= 0.3 is 0 Å². The molecule has 140 valence electrons. The molecule has 0 radical (unpaired) electrons. The summed E-state index contributed by atoms with van der Waals surface area (Å²) in [5, 5.41) is 5.34. The first-order valence-electron chi connectivity index (χ1n) is 8.06. The fourth-order valence-electron chi connectivity index (χ4n) is 2.90. The van der Waals surface area contributed by atoms with Crippen molar-refractivity contribution in [3.63, 3.8) is 0 Å². The summed E-state index contributed by atoms with van der Waals surface area (Å²) in [6.07, 6.45) is -0.455. The van der Waals surface area contributed by atoms with E-state index in [1.54, 1.807) is 0 Å². The molecule has 5 nitrogen and oxygen atoms in total. The molecule has 1 amide bonds. The van der Waals surface area contributed by atoms with E-state index in [9.17, 15) is 13.6 Å². The number of amides is 1. The number of rotatable bonds is 4. The molecule has 2 heterocycles. The molecular formula is C17H23ClF2N2O3. The van der Waals surface area contributed by atoms with E-state index in [4.69, 9.17) is 9.47 Å². The minimum Gasteiger partial charge on any atom is -0.486 e. The van der Waals surface area contributed by atoms with E-state index in [0.29, 0.717) is 31.3 Å². The van der Waals surface area contributed by atoms with Gasteiger partial charge in [-0.15, -0.1) is 12.4 Å². The van der Waals surface area contributed by atoms with Crippen molar-refractivity contribution in [1.82, 2.24) is 10.6 Å². The Labute approximate surface area is 151 Å². The lowest BCUT2D eigenvalue weighted by Crippen LogP contribution is -2.45. The Kier molecular flexibility index (Phi) is 5.79. The highest BCUT2D eigenvalue weighted by molar-refractivity contribution is 5.85. The normalized spacial score (nSPS) is 21.4. The number of hydrogen-bond acceptors (Lipinski definition) is 4. The molecule has 0 saturated carbocycles. The van der Waals surface area contributed by atoms with Gasteiger partial charge in [0.15, 0.2) is 11.5 Å². The molecule has 0 aliphatic carbocycles. The third kappa shape index (κ3) is 4.52. The highest BCUT2D eigenvalue weighted by Gasteiger charge is 2.42. The number of carbonyl (C=O) groups excluding carboxylic acids is 1. The molecule has 1 aromatic carbocycles. The van der Waals surface area contributed by atoms with Crippen molar-refractivity contribution in [3.8, 4) is 11.5 Å². The van der Waals surface area contributed by atoms with Gasteiger partial charge in [0.2, 0.25) is 5.91 Å². The SMILES string of the molecule is CC(C)(CNC(=O)C1CC(F)(F)CN1)c1ccc2c(c1)OCCO2.Cl. The third-order valence-corrected chi connectivity index (χ3v) is 4.45. The van der Waals surface area contributed by atoms with Crippen LogP contribution in [0.1, 0.15) is 25.8 Å². The van der Waals surface area contributed by atoms with Gasteiger partial charge in [-0.25, -0.2) is 8.78 Å². The molecule has 3 rings (SSSR count). The molecule has 0 bridgehead atoms. The Hall–Kier alpha value is -1.60. The van der Waals surface area contributed by atoms with Crippen LogP contribution in [0.2, 0.25) is 0 Å². The number of ether oxygens (including phenoxy) is 2. The van der Waals surface area contributed by atoms with Crippen LogP contribution in [0.3, 0.4) is 0 Å². The van der Waals surface area contributed by atoms with Crippen LogP contribution in [0, 0.1) is 0 Å². The van der Waals surface area contributed by atoms with Crippen molar-refractivity contribution >= 4 is 18.3 Å². The maximum Gasteiger partial charge on any atom is 0.262 e. The van der Waals surface area contributed by atoms with Crippen molar-refractivity contribution in [3.05, 3.63) is 23.8 Å². The molecule has 1 aromatic rings. The summed E-state index contributed by atoms with van der Waals surface area (Å²) in [6, 6.07) is 4.85. The molecule has 1 fully saturated rings. The molecule has 1 atom stereocenters. The molecule has 1 saturated heterocycles. The van der Waals surface area contributed by atoms with Crippen LogP contribution in [-0.2, 0) is 10.2 Å². The predicted octanol–water partition coefficient (Wildman–Crippen LogP) is 2.27. The van der Waals surface area contributed by atoms with Gasteiger partial charge in [-0.1, -0.05) is 19.9 Å². The van der Waals surface area contributed by atoms with E-state index in [2.05, 4.69) is 10.6 Å². The van der Waals surface area contributed by atoms with E-state index in [1.807, 2.05) is 32.0 Å². The van der Waals surface area contributed by atoms with Crippen LogP contribution in [0.15, 0.2) is 18.2 Å². The average molecular weight is 377 g/mol. The van der Waals surface area contributed by atoms with E-state index in [1.165, 1.54) is 0 Å². The Morgan fingerprint density at radius 3 is 2.64 bits per heavy atom. The molecule has 2 aliphatic heterocycles. The van der Waals surface area contributed by atoms with Gasteiger partial charge in [-0.05, 0) is 17.7 Å². The van der Waals surface area contributed by atoms with E-state index < -0.39 is 30.8 Å². The summed E-state index contributed by atoms with van der Waals surface area (Å²) in [5.41, 5.74) is 0.615. The maximum absolute atomic E-state index is 13.2. The van der Waals surface area contributed by atoms with Crippen molar-refractivity contribution in [2.45, 2.75) is 37.6 Å². The van der Waals surface area contributed by atoms with Crippen LogP contribution >= 0.6 is 12.4 Å². The summed E-state index contributed by atoms with van der Waals surface area (Å²) in [6.45, 7) is 4.90. The Balaban J connectivity index is 0.00000225. The van der Waals surface area contributed by atoms with E-state index in [0.717, 1.165) is 5.56 Å². The summed E-state index contributed by atoms with van der Waals surface area (Å²) in [5.74, 6) is -1.80. The standard InChI is InChI=1S/C17H22F2N2O3.ClH/c1-16(2,9-21-15(22)12-8-17(18,19)10-20-12)11-3-4-13-14(7-11)24-6-5-23-13;/h3-4,7,12,20H,5-6,8-10H2,1-2H3,(H,21,22);1H. The van der Waals surface area contributed by atoms with Gasteiger partial charge in [0.25, 0.3) is 5.92 Å². The lowest BCUT2D eigenvalue weighted by molar-refractivity contribution is -0.123. The minimum atomic E-state index is -2.81. The average Bonchev–Trinajstić information content (AvgIpc) is 2.92. The van der Waals surface area contributed by atoms with Gasteiger partial charge in [-0.3, -0.25) is 10.1 Å². The smallest absolute Gasteiger partial charge is 0.262 e. The molecule has 2 aliphatic rings. The Bertz CT molecular complexity index is 640. The van der Waals surface area contributed by atoms with Crippen LogP contribution in [-0.4, -0.2) is 44.2 Å². The topological polar surface area (TPSA) is 59.6 Å². The molecule has 2 N–H and O–H groups in total. The highest BCUT2D eigenvalue weighted by atomic mass is 35.5. The first kappa shape index (κ1) is 19.7. The van der Waals surface area contributed by atoms with Gasteiger partial charge in [0, 0.05) is 18.4 Å². The highest BCUT2D eigenvalue weighted by Crippen LogP contribution is 2.35. The first-order valence-corrected chi connectivity index (χ1v) is 8.06. The lowest BCUT2D eigenvalue weighted by atomic mass is 9.84. The third-order valence-electron chi connectivity index (χ3n) is 4.45. The van der Waals surface area contributed by atoms with Crippen LogP contribution < -0.4 is 20.1 Å². The summed E-state index contributed by atoms with van der Waals surface area (Å²) >= 11 is 0. The fraction of sp³-hybridized carbons (Fsp3) is 0.588. The largest absolute Gasteiger partial charge is 0.486 e. The number of alkyl halides is 2. The second-order valence-corrected chi connectivity index (χ2v) is 6.95. The summed E-state index contributed by atoms with van der Waals surface area (Å²) < 4.78 is 37.5. The van der Waals surface area contributed by atoms with Gasteiger partial charge in [0.1, 0.15) is 13.2 Å². The maximum atomic E-state index is 13.2. The molecule has 25 heavy (non-hydrogen) atoms. The Morgan fingerprint density at radius 2 is 2.00 bits per heavy atom. The van der Waals surface area contributed by atoms with Crippen LogP contribution in [0.25, 0.3) is 0 Å². The number of nitrogens with one attached hydrogen (secondary N) is 2. The second kappa shape index (κ2) is 7.33. The van der Waals surface area contributed by atoms with Crippen LogP contribution in [0.4, 0.5) is 8.78 Å². The van der Waals surface area contributed by atoms with Crippen molar-refractivity contribution in [2.24, 2.45) is 0 Å². The van der Waals surface area contributed by atoms with Crippen molar-refractivity contribution in [2.75, 3.05) is 26.3 Å². The minimum absolute atomic E-state index is 0. The monoisotopic (exact) mass is 376 g/mol. The molecule has 0 spiro atoms. The zero-order chi connectivity index (χ0) is 17.4. The van der Waals surface area contributed by atoms with E-state index >= 15 is 0 Å². The number of halogens is 3. The van der Waals surface area contributed by atoms with Crippen molar-refractivity contribution in [1.29, 1.82) is 0 Å².